The number of hydrogen-bond donors (Lipinski definition) is 1. The first-order chi connectivity index (χ1) is 10.0. The zero-order chi connectivity index (χ0) is 15.4. The van der Waals surface area contributed by atoms with Crippen molar-refractivity contribution in [3.8, 4) is 5.75 Å². The summed E-state index contributed by atoms with van der Waals surface area (Å²) in [5, 5.41) is 9.09. The third-order valence-corrected chi connectivity index (χ3v) is 4.81. The zero-order valence-corrected chi connectivity index (χ0v) is 12.9. The minimum absolute atomic E-state index is 0.00734. The van der Waals surface area contributed by atoms with Crippen molar-refractivity contribution in [1.29, 1.82) is 0 Å². The smallest absolute Gasteiger partial charge is 0.308 e. The number of carboxylic acids is 1. The molecule has 1 saturated heterocycles. The normalized spacial score (nSPS) is 21.3. The number of rotatable bonds is 5. The first-order valence-corrected chi connectivity index (χ1v) is 7.80. The lowest BCUT2D eigenvalue weighted by molar-refractivity contribution is -0.142. The number of aliphatic carboxylic acids is 1. The lowest BCUT2D eigenvalue weighted by Crippen LogP contribution is -2.38. The number of carboxylic acid groups (broad SMARTS) is 1. The Morgan fingerprint density at radius 3 is 2.57 bits per heavy atom. The highest BCUT2D eigenvalue weighted by atomic mass is 32.2. The molecule has 2 atom stereocenters. The van der Waals surface area contributed by atoms with Gasteiger partial charge in [-0.15, -0.1) is 11.8 Å². The van der Waals surface area contributed by atoms with Crippen LogP contribution in [-0.2, 0) is 9.59 Å². The third kappa shape index (κ3) is 3.69. The van der Waals surface area contributed by atoms with Crippen molar-refractivity contribution in [1.82, 2.24) is 4.90 Å². The Morgan fingerprint density at radius 2 is 2.05 bits per heavy atom. The minimum Gasteiger partial charge on any atom is -0.497 e. The van der Waals surface area contributed by atoms with Crippen molar-refractivity contribution in [2.45, 2.75) is 24.3 Å². The first kappa shape index (κ1) is 15.7. The number of likely N-dealkylation sites (tertiary alicyclic amines) is 1. The summed E-state index contributed by atoms with van der Waals surface area (Å²) in [6.07, 6.45) is 0.537. The number of methoxy groups -OCH3 is 1. The van der Waals surface area contributed by atoms with Gasteiger partial charge in [0.05, 0.1) is 18.8 Å². The van der Waals surface area contributed by atoms with E-state index < -0.39 is 11.9 Å². The number of ether oxygens (including phenoxy) is 1. The second-order valence-corrected chi connectivity index (χ2v) is 6.07. The molecular weight excluding hydrogens is 290 g/mol. The Kier molecular flexibility index (Phi) is 5.12. The molecule has 1 N–H and O–H groups in total. The van der Waals surface area contributed by atoms with E-state index in [1.807, 2.05) is 31.2 Å². The Labute approximate surface area is 128 Å². The van der Waals surface area contributed by atoms with Crippen LogP contribution in [0.4, 0.5) is 0 Å². The molecule has 0 radical (unpaired) electrons. The van der Waals surface area contributed by atoms with E-state index in [4.69, 9.17) is 9.84 Å². The number of thioether (sulfide) groups is 1. The molecule has 1 aromatic rings. The highest BCUT2D eigenvalue weighted by Gasteiger charge is 2.37. The van der Waals surface area contributed by atoms with Crippen LogP contribution in [0.5, 0.6) is 5.75 Å². The maximum absolute atomic E-state index is 12.2. The molecule has 1 aliphatic rings. The SMILES string of the molecule is COc1ccc(SCC(=O)N2CCC(C(=O)O)C2C)cc1. The van der Waals surface area contributed by atoms with Crippen LogP contribution in [0.1, 0.15) is 13.3 Å². The quantitative estimate of drug-likeness (QED) is 0.844. The fourth-order valence-corrected chi connectivity index (χ4v) is 3.31. The van der Waals surface area contributed by atoms with Gasteiger partial charge in [0.15, 0.2) is 0 Å². The van der Waals surface area contributed by atoms with Gasteiger partial charge in [0, 0.05) is 17.5 Å². The fraction of sp³-hybridized carbons (Fsp3) is 0.467. The summed E-state index contributed by atoms with van der Waals surface area (Å²) in [4.78, 5) is 25.9. The molecule has 1 aromatic carbocycles. The van der Waals surface area contributed by atoms with Gasteiger partial charge in [-0.05, 0) is 37.6 Å². The van der Waals surface area contributed by atoms with Crippen LogP contribution in [0.3, 0.4) is 0 Å². The summed E-state index contributed by atoms with van der Waals surface area (Å²) in [6.45, 7) is 2.34. The maximum Gasteiger partial charge on any atom is 0.308 e. The highest BCUT2D eigenvalue weighted by Crippen LogP contribution is 2.27. The topological polar surface area (TPSA) is 66.8 Å². The van der Waals surface area contributed by atoms with Crippen LogP contribution in [-0.4, -0.2) is 47.3 Å². The molecule has 2 rings (SSSR count). The fourth-order valence-electron chi connectivity index (χ4n) is 2.52. The van der Waals surface area contributed by atoms with E-state index in [1.165, 1.54) is 11.8 Å². The molecule has 0 aliphatic carbocycles. The summed E-state index contributed by atoms with van der Waals surface area (Å²) in [5.74, 6) is -0.168. The van der Waals surface area contributed by atoms with Gasteiger partial charge in [-0.1, -0.05) is 0 Å². The largest absolute Gasteiger partial charge is 0.497 e. The Balaban J connectivity index is 1.88. The predicted molar refractivity (Wildman–Crippen MR) is 80.6 cm³/mol. The molecule has 21 heavy (non-hydrogen) atoms. The summed E-state index contributed by atoms with van der Waals surface area (Å²) in [6, 6.07) is 7.29. The van der Waals surface area contributed by atoms with Gasteiger partial charge in [0.1, 0.15) is 5.75 Å². The van der Waals surface area contributed by atoms with E-state index in [-0.39, 0.29) is 11.9 Å². The van der Waals surface area contributed by atoms with Gasteiger partial charge in [-0.2, -0.15) is 0 Å². The maximum atomic E-state index is 12.2. The lowest BCUT2D eigenvalue weighted by atomic mass is 10.0. The number of hydrogen-bond acceptors (Lipinski definition) is 4. The summed E-state index contributed by atoms with van der Waals surface area (Å²) >= 11 is 1.45. The van der Waals surface area contributed by atoms with Crippen molar-refractivity contribution in [2.75, 3.05) is 19.4 Å². The van der Waals surface area contributed by atoms with Gasteiger partial charge in [-0.25, -0.2) is 0 Å². The Morgan fingerprint density at radius 1 is 1.38 bits per heavy atom. The summed E-state index contributed by atoms with van der Waals surface area (Å²) in [7, 11) is 1.61. The number of benzene rings is 1. The van der Waals surface area contributed by atoms with E-state index in [2.05, 4.69) is 0 Å². The molecule has 0 aromatic heterocycles. The van der Waals surface area contributed by atoms with Crippen LogP contribution < -0.4 is 4.74 Å². The van der Waals surface area contributed by atoms with Crippen molar-refractivity contribution >= 4 is 23.6 Å². The van der Waals surface area contributed by atoms with Crippen LogP contribution >= 0.6 is 11.8 Å². The number of amides is 1. The van der Waals surface area contributed by atoms with E-state index in [1.54, 1.807) is 12.0 Å². The van der Waals surface area contributed by atoms with E-state index in [9.17, 15) is 9.59 Å². The molecule has 1 amide bonds. The standard InChI is InChI=1S/C15H19NO4S/c1-10-13(15(18)19)7-8-16(10)14(17)9-21-12-5-3-11(20-2)4-6-12/h3-6,10,13H,7-9H2,1-2H3,(H,18,19). The van der Waals surface area contributed by atoms with Gasteiger partial charge in [-0.3, -0.25) is 9.59 Å². The molecule has 0 spiro atoms. The highest BCUT2D eigenvalue weighted by molar-refractivity contribution is 8.00. The molecular formula is C15H19NO4S. The zero-order valence-electron chi connectivity index (χ0n) is 12.1. The lowest BCUT2D eigenvalue weighted by Gasteiger charge is -2.23. The van der Waals surface area contributed by atoms with E-state index in [0.717, 1.165) is 10.6 Å². The second kappa shape index (κ2) is 6.85. The first-order valence-electron chi connectivity index (χ1n) is 6.82. The van der Waals surface area contributed by atoms with Gasteiger partial charge >= 0.3 is 5.97 Å². The van der Waals surface area contributed by atoms with Crippen molar-refractivity contribution < 1.29 is 19.4 Å². The van der Waals surface area contributed by atoms with Crippen LogP contribution in [0.2, 0.25) is 0 Å². The van der Waals surface area contributed by atoms with E-state index >= 15 is 0 Å². The number of nitrogens with zero attached hydrogens (tertiary/aromatic N) is 1. The van der Waals surface area contributed by atoms with Gasteiger partial charge in [0.25, 0.3) is 0 Å². The molecule has 114 valence electrons. The predicted octanol–water partition coefficient (Wildman–Crippen LogP) is 2.11. The van der Waals surface area contributed by atoms with E-state index in [0.29, 0.717) is 18.7 Å². The molecule has 0 bridgehead atoms. The molecule has 1 heterocycles. The molecule has 0 saturated carbocycles. The van der Waals surface area contributed by atoms with Crippen molar-refractivity contribution in [3.05, 3.63) is 24.3 Å². The number of carbonyl (C=O) groups is 2. The summed E-state index contributed by atoms with van der Waals surface area (Å²) < 4.78 is 5.08. The summed E-state index contributed by atoms with van der Waals surface area (Å²) in [5.41, 5.74) is 0. The molecule has 5 nitrogen and oxygen atoms in total. The Hall–Kier alpha value is -1.69. The van der Waals surface area contributed by atoms with Crippen LogP contribution in [0, 0.1) is 5.92 Å². The van der Waals surface area contributed by atoms with Gasteiger partial charge < -0.3 is 14.7 Å². The monoisotopic (exact) mass is 309 g/mol. The van der Waals surface area contributed by atoms with Crippen molar-refractivity contribution in [3.63, 3.8) is 0 Å². The molecule has 2 unspecified atom stereocenters. The minimum atomic E-state index is -0.819. The molecule has 6 heteroatoms. The van der Waals surface area contributed by atoms with Crippen LogP contribution in [0.25, 0.3) is 0 Å². The average Bonchev–Trinajstić information content (AvgIpc) is 2.87. The number of carbonyl (C=O) groups excluding carboxylic acids is 1. The van der Waals surface area contributed by atoms with Gasteiger partial charge in [0.2, 0.25) is 5.91 Å². The third-order valence-electron chi connectivity index (χ3n) is 3.81. The Bertz CT molecular complexity index is 517. The second-order valence-electron chi connectivity index (χ2n) is 5.03. The van der Waals surface area contributed by atoms with Crippen molar-refractivity contribution in [2.24, 2.45) is 5.92 Å². The molecule has 1 aliphatic heterocycles. The average molecular weight is 309 g/mol. The molecule has 1 fully saturated rings. The van der Waals surface area contributed by atoms with Crippen LogP contribution in [0.15, 0.2) is 29.2 Å².